The van der Waals surface area contributed by atoms with E-state index in [1.165, 1.54) is 0 Å². The Morgan fingerprint density at radius 3 is 2.92 bits per heavy atom. The molecule has 0 bridgehead atoms. The first-order valence-corrected chi connectivity index (χ1v) is 4.65. The van der Waals surface area contributed by atoms with Crippen molar-refractivity contribution in [1.82, 2.24) is 0 Å². The fourth-order valence-corrected chi connectivity index (χ4v) is 1.77. The van der Waals surface area contributed by atoms with Crippen LogP contribution in [0.1, 0.15) is 16.1 Å². The Morgan fingerprint density at radius 2 is 2.23 bits per heavy atom. The second-order valence-corrected chi connectivity index (χ2v) is 3.69. The van der Waals surface area contributed by atoms with Crippen molar-refractivity contribution < 1.29 is 9.21 Å². The molecule has 1 heterocycles. The molecule has 2 aromatic rings. The van der Waals surface area contributed by atoms with E-state index in [2.05, 4.69) is 15.9 Å². The maximum atomic E-state index is 10.6. The van der Waals surface area contributed by atoms with E-state index < -0.39 is 0 Å². The summed E-state index contributed by atoms with van der Waals surface area (Å²) in [4.78, 5) is 10.6. The molecule has 66 valence electrons. The molecule has 2 rings (SSSR count). The predicted octanol–water partition coefficient (Wildman–Crippen LogP) is 3.32. The van der Waals surface area contributed by atoms with Gasteiger partial charge in [-0.3, -0.25) is 4.79 Å². The molecular weight excluding hydrogens is 232 g/mol. The largest absolute Gasteiger partial charge is 0.452 e. The number of carbonyl (C=O) groups excluding carboxylic acids is 1. The normalized spacial score (nSPS) is 10.6. The molecule has 2 nitrogen and oxygen atoms in total. The van der Waals surface area contributed by atoms with Gasteiger partial charge in [-0.1, -0.05) is 6.07 Å². The minimum Gasteiger partial charge on any atom is -0.452 e. The first-order chi connectivity index (χ1) is 6.22. The maximum absolute atomic E-state index is 10.6. The van der Waals surface area contributed by atoms with E-state index in [1.54, 1.807) is 0 Å². The number of aryl methyl sites for hydroxylation is 1. The number of aldehydes is 1. The highest BCUT2D eigenvalue weighted by Gasteiger charge is 2.10. The highest BCUT2D eigenvalue weighted by atomic mass is 79.9. The second-order valence-electron chi connectivity index (χ2n) is 2.90. The van der Waals surface area contributed by atoms with Gasteiger partial charge < -0.3 is 4.42 Å². The summed E-state index contributed by atoms with van der Waals surface area (Å²) >= 11 is 3.31. The first-order valence-electron chi connectivity index (χ1n) is 3.86. The van der Waals surface area contributed by atoms with E-state index >= 15 is 0 Å². The molecule has 0 aliphatic carbocycles. The number of hydrogen-bond acceptors (Lipinski definition) is 2. The minimum atomic E-state index is 0.348. The van der Waals surface area contributed by atoms with Gasteiger partial charge in [0.1, 0.15) is 5.58 Å². The van der Waals surface area contributed by atoms with Gasteiger partial charge in [-0.25, -0.2) is 0 Å². The second kappa shape index (κ2) is 3.00. The van der Waals surface area contributed by atoms with Crippen molar-refractivity contribution in [3.05, 3.63) is 34.0 Å². The third kappa shape index (κ3) is 1.29. The number of carbonyl (C=O) groups is 1. The smallest absolute Gasteiger partial charge is 0.186 e. The number of halogens is 1. The molecule has 0 spiro atoms. The van der Waals surface area contributed by atoms with E-state index in [9.17, 15) is 4.79 Å². The van der Waals surface area contributed by atoms with Crippen molar-refractivity contribution in [2.75, 3.05) is 0 Å². The van der Waals surface area contributed by atoms with Crippen LogP contribution in [0.25, 0.3) is 11.0 Å². The van der Waals surface area contributed by atoms with Crippen LogP contribution >= 0.6 is 15.9 Å². The van der Waals surface area contributed by atoms with E-state index in [4.69, 9.17) is 4.42 Å². The molecule has 0 radical (unpaired) electrons. The van der Waals surface area contributed by atoms with Crippen LogP contribution in [0.2, 0.25) is 0 Å². The Kier molecular flexibility index (Phi) is 1.96. The zero-order valence-corrected chi connectivity index (χ0v) is 8.59. The molecule has 0 aliphatic rings. The third-order valence-corrected chi connectivity index (χ3v) is 2.73. The molecule has 0 aliphatic heterocycles. The SMILES string of the molecule is Cc1ccc2c(Br)c(C=O)oc2c1. The Bertz CT molecular complexity index is 471. The molecule has 0 fully saturated rings. The summed E-state index contributed by atoms with van der Waals surface area (Å²) in [5, 5.41) is 0.938. The molecule has 0 unspecified atom stereocenters. The van der Waals surface area contributed by atoms with Gasteiger partial charge in [-0.2, -0.15) is 0 Å². The number of furan rings is 1. The average Bonchev–Trinajstić information content (AvgIpc) is 2.42. The van der Waals surface area contributed by atoms with Crippen LogP contribution in [-0.2, 0) is 0 Å². The van der Waals surface area contributed by atoms with Crippen molar-refractivity contribution in [3.63, 3.8) is 0 Å². The first kappa shape index (κ1) is 8.51. The summed E-state index contributed by atoms with van der Waals surface area (Å²) in [5.41, 5.74) is 1.86. The van der Waals surface area contributed by atoms with Gasteiger partial charge >= 0.3 is 0 Å². The molecule has 0 N–H and O–H groups in total. The van der Waals surface area contributed by atoms with E-state index in [-0.39, 0.29) is 0 Å². The average molecular weight is 239 g/mol. The van der Waals surface area contributed by atoms with Gasteiger partial charge in [-0.15, -0.1) is 0 Å². The molecule has 13 heavy (non-hydrogen) atoms. The lowest BCUT2D eigenvalue weighted by Crippen LogP contribution is -1.71. The fourth-order valence-electron chi connectivity index (χ4n) is 1.27. The standard InChI is InChI=1S/C10H7BrO2/c1-6-2-3-7-8(4-6)13-9(5-12)10(7)11/h2-5H,1H3. The summed E-state index contributed by atoms with van der Waals surface area (Å²) in [6.07, 6.45) is 0.708. The van der Waals surface area contributed by atoms with Crippen LogP contribution in [0.15, 0.2) is 27.1 Å². The fraction of sp³-hybridized carbons (Fsp3) is 0.100. The third-order valence-electron chi connectivity index (χ3n) is 1.92. The van der Waals surface area contributed by atoms with Gasteiger partial charge in [-0.05, 0) is 40.5 Å². The molecule has 0 atom stereocenters. The van der Waals surface area contributed by atoms with Crippen LogP contribution in [0.3, 0.4) is 0 Å². The summed E-state index contributed by atoms with van der Waals surface area (Å²) in [6.45, 7) is 1.98. The van der Waals surface area contributed by atoms with Crippen LogP contribution in [-0.4, -0.2) is 6.29 Å². The molecule has 0 saturated carbocycles. The molecule has 0 amide bonds. The van der Waals surface area contributed by atoms with Gasteiger partial charge in [0.2, 0.25) is 0 Å². The van der Waals surface area contributed by atoms with E-state index in [0.717, 1.165) is 21.0 Å². The lowest BCUT2D eigenvalue weighted by molar-refractivity contribution is 0.110. The maximum Gasteiger partial charge on any atom is 0.186 e. The van der Waals surface area contributed by atoms with Gasteiger partial charge in [0.25, 0.3) is 0 Å². The quantitative estimate of drug-likeness (QED) is 0.714. The summed E-state index contributed by atoms with van der Waals surface area (Å²) in [7, 11) is 0. The van der Waals surface area contributed by atoms with Crippen LogP contribution < -0.4 is 0 Å². The van der Waals surface area contributed by atoms with Crippen LogP contribution in [0, 0.1) is 6.92 Å². The summed E-state index contributed by atoms with van der Waals surface area (Å²) < 4.78 is 6.05. The lowest BCUT2D eigenvalue weighted by Gasteiger charge is -1.90. The highest BCUT2D eigenvalue weighted by molar-refractivity contribution is 9.10. The van der Waals surface area contributed by atoms with E-state index in [1.807, 2.05) is 25.1 Å². The van der Waals surface area contributed by atoms with Crippen molar-refractivity contribution in [1.29, 1.82) is 0 Å². The molecule has 3 heteroatoms. The van der Waals surface area contributed by atoms with Crippen molar-refractivity contribution in [2.45, 2.75) is 6.92 Å². The lowest BCUT2D eigenvalue weighted by atomic mass is 10.2. The molecular formula is C10H7BrO2. The Morgan fingerprint density at radius 1 is 1.46 bits per heavy atom. The minimum absolute atomic E-state index is 0.348. The number of hydrogen-bond donors (Lipinski definition) is 0. The molecule has 1 aromatic heterocycles. The van der Waals surface area contributed by atoms with Gasteiger partial charge in [0.15, 0.2) is 12.0 Å². The number of fused-ring (bicyclic) bond motifs is 1. The molecule has 0 saturated heterocycles. The summed E-state index contributed by atoms with van der Waals surface area (Å²) in [6, 6.07) is 5.83. The Labute approximate surface area is 83.7 Å². The zero-order valence-electron chi connectivity index (χ0n) is 7.00. The Hall–Kier alpha value is -1.09. The number of benzene rings is 1. The van der Waals surface area contributed by atoms with Crippen LogP contribution in [0.4, 0.5) is 0 Å². The van der Waals surface area contributed by atoms with Crippen LogP contribution in [0.5, 0.6) is 0 Å². The van der Waals surface area contributed by atoms with Gasteiger partial charge in [0.05, 0.1) is 4.47 Å². The Balaban J connectivity index is 2.83. The van der Waals surface area contributed by atoms with Crippen molar-refractivity contribution in [2.24, 2.45) is 0 Å². The number of rotatable bonds is 1. The highest BCUT2D eigenvalue weighted by Crippen LogP contribution is 2.30. The van der Waals surface area contributed by atoms with E-state index in [0.29, 0.717) is 12.0 Å². The zero-order chi connectivity index (χ0) is 9.42. The predicted molar refractivity (Wildman–Crippen MR) is 54.0 cm³/mol. The topological polar surface area (TPSA) is 30.2 Å². The van der Waals surface area contributed by atoms with Crippen molar-refractivity contribution in [3.8, 4) is 0 Å². The summed E-state index contributed by atoms with van der Waals surface area (Å²) in [5.74, 6) is 0.348. The van der Waals surface area contributed by atoms with Crippen molar-refractivity contribution >= 4 is 33.2 Å². The monoisotopic (exact) mass is 238 g/mol. The molecule has 1 aromatic carbocycles. The van der Waals surface area contributed by atoms with Gasteiger partial charge in [0, 0.05) is 5.39 Å².